The summed E-state index contributed by atoms with van der Waals surface area (Å²) < 4.78 is 0. The minimum Gasteiger partial charge on any atom is -0.261 e. The van der Waals surface area contributed by atoms with Crippen LogP contribution in [0.5, 0.6) is 0 Å². The van der Waals surface area contributed by atoms with Gasteiger partial charge in [-0.2, -0.15) is 5.26 Å². The standard InChI is InChI=1S/C39H28N4/c1-41-38(30-12-4-2-5-13-30)43-39(31-14-6-3-7-15-31)42-27-32-16-10-20-36-34(32)19-11-21-37(36)35-18-9-8-17-33(35)29-24-22-28(26-40)23-25-29/h2-25H,1,27H2. The third-order valence-corrected chi connectivity index (χ3v) is 7.38. The van der Waals surface area contributed by atoms with Crippen molar-refractivity contribution in [3.63, 3.8) is 0 Å². The molecule has 0 saturated carbocycles. The number of amidine groups is 2. The molecule has 4 heteroatoms. The van der Waals surface area contributed by atoms with Gasteiger partial charge in [0.1, 0.15) is 0 Å². The molecule has 6 aromatic carbocycles. The van der Waals surface area contributed by atoms with Gasteiger partial charge in [0.25, 0.3) is 0 Å². The Morgan fingerprint density at radius 3 is 1.81 bits per heavy atom. The fraction of sp³-hybridized carbons (Fsp3) is 0.0256. The van der Waals surface area contributed by atoms with E-state index in [1.54, 1.807) is 0 Å². The molecule has 0 aliphatic carbocycles. The lowest BCUT2D eigenvalue weighted by Crippen LogP contribution is -2.05. The molecular formula is C39H28N4. The van der Waals surface area contributed by atoms with Crippen LogP contribution in [0.25, 0.3) is 33.0 Å². The molecular weight excluding hydrogens is 524 g/mol. The molecule has 0 saturated heterocycles. The summed E-state index contributed by atoms with van der Waals surface area (Å²) in [6.07, 6.45) is 0. The number of aliphatic imine (C=N–C) groups is 3. The summed E-state index contributed by atoms with van der Waals surface area (Å²) in [6.45, 7) is 4.22. The number of benzene rings is 6. The Kier molecular flexibility index (Phi) is 8.06. The second-order valence-electron chi connectivity index (χ2n) is 10.0. The maximum absolute atomic E-state index is 9.25. The van der Waals surface area contributed by atoms with Gasteiger partial charge in [0, 0.05) is 11.1 Å². The van der Waals surface area contributed by atoms with Crippen molar-refractivity contribution in [1.82, 2.24) is 0 Å². The lowest BCUT2D eigenvalue weighted by molar-refractivity contribution is 1.07. The van der Waals surface area contributed by atoms with Crippen molar-refractivity contribution in [2.24, 2.45) is 15.0 Å². The fourth-order valence-corrected chi connectivity index (χ4v) is 5.26. The van der Waals surface area contributed by atoms with Gasteiger partial charge >= 0.3 is 0 Å². The summed E-state index contributed by atoms with van der Waals surface area (Å²) in [5.41, 5.74) is 8.03. The van der Waals surface area contributed by atoms with E-state index in [-0.39, 0.29) is 0 Å². The Bertz CT molecular complexity index is 2000. The summed E-state index contributed by atoms with van der Waals surface area (Å²) >= 11 is 0. The van der Waals surface area contributed by atoms with Crippen LogP contribution in [-0.4, -0.2) is 18.4 Å². The van der Waals surface area contributed by atoms with Crippen LogP contribution in [0.4, 0.5) is 0 Å². The molecule has 6 aromatic rings. The molecule has 0 radical (unpaired) electrons. The van der Waals surface area contributed by atoms with Gasteiger partial charge in [-0.1, -0.05) is 133 Å². The third kappa shape index (κ3) is 5.93. The van der Waals surface area contributed by atoms with Crippen molar-refractivity contribution < 1.29 is 0 Å². The molecule has 0 aromatic heterocycles. The van der Waals surface area contributed by atoms with Crippen molar-refractivity contribution >= 4 is 29.2 Å². The molecule has 0 amide bonds. The molecule has 204 valence electrons. The summed E-state index contributed by atoms with van der Waals surface area (Å²) in [4.78, 5) is 14.1. The van der Waals surface area contributed by atoms with Crippen LogP contribution in [0.2, 0.25) is 0 Å². The number of nitriles is 1. The highest BCUT2D eigenvalue weighted by Crippen LogP contribution is 2.37. The highest BCUT2D eigenvalue weighted by atomic mass is 15.0. The van der Waals surface area contributed by atoms with Crippen LogP contribution in [-0.2, 0) is 6.54 Å². The summed E-state index contributed by atoms with van der Waals surface area (Å²) in [7, 11) is 0. The minimum absolute atomic E-state index is 0.449. The van der Waals surface area contributed by atoms with Gasteiger partial charge in [-0.25, -0.2) is 9.98 Å². The Morgan fingerprint density at radius 2 is 1.14 bits per heavy atom. The molecule has 6 rings (SSSR count). The first-order valence-electron chi connectivity index (χ1n) is 14.1. The van der Waals surface area contributed by atoms with Gasteiger partial charge in [0.15, 0.2) is 11.7 Å². The van der Waals surface area contributed by atoms with Gasteiger partial charge in [0.05, 0.1) is 18.2 Å². The van der Waals surface area contributed by atoms with Gasteiger partial charge in [0.2, 0.25) is 0 Å². The maximum atomic E-state index is 9.25. The van der Waals surface area contributed by atoms with Gasteiger partial charge in [-0.3, -0.25) is 4.99 Å². The molecule has 4 nitrogen and oxygen atoms in total. The van der Waals surface area contributed by atoms with Crippen molar-refractivity contribution in [2.75, 3.05) is 0 Å². The molecule has 0 atom stereocenters. The Balaban J connectivity index is 1.43. The van der Waals surface area contributed by atoms with Crippen molar-refractivity contribution in [3.05, 3.63) is 168 Å². The fourth-order valence-electron chi connectivity index (χ4n) is 5.26. The average molecular weight is 553 g/mol. The summed E-state index contributed by atoms with van der Waals surface area (Å²) in [6, 6.07) is 51.0. The first-order chi connectivity index (χ1) is 21.2. The van der Waals surface area contributed by atoms with Crippen LogP contribution in [0, 0.1) is 11.3 Å². The van der Waals surface area contributed by atoms with Crippen LogP contribution in [0.3, 0.4) is 0 Å². The zero-order chi connectivity index (χ0) is 29.4. The van der Waals surface area contributed by atoms with E-state index in [2.05, 4.69) is 78.4 Å². The molecule has 0 fully saturated rings. The largest absolute Gasteiger partial charge is 0.261 e. The van der Waals surface area contributed by atoms with E-state index in [1.807, 2.05) is 84.9 Å². The SMILES string of the molecule is C=NC(=NC(=NCc1cccc2c(-c3ccccc3-c3ccc(C#N)cc3)cccc12)c1ccccc1)c1ccccc1. The highest BCUT2D eigenvalue weighted by molar-refractivity contribution is 6.12. The van der Waals surface area contributed by atoms with E-state index in [0.717, 1.165) is 49.7 Å². The van der Waals surface area contributed by atoms with Crippen molar-refractivity contribution in [2.45, 2.75) is 6.54 Å². The number of fused-ring (bicyclic) bond motifs is 1. The predicted octanol–water partition coefficient (Wildman–Crippen LogP) is 9.14. The van der Waals surface area contributed by atoms with E-state index >= 15 is 0 Å². The monoisotopic (exact) mass is 552 g/mol. The second-order valence-corrected chi connectivity index (χ2v) is 10.0. The topological polar surface area (TPSA) is 60.9 Å². The smallest absolute Gasteiger partial charge is 0.161 e. The van der Waals surface area contributed by atoms with E-state index in [4.69, 9.17) is 9.98 Å². The summed E-state index contributed by atoms with van der Waals surface area (Å²) in [5, 5.41) is 11.5. The van der Waals surface area contributed by atoms with E-state index < -0.39 is 0 Å². The van der Waals surface area contributed by atoms with Crippen LogP contribution in [0.15, 0.2) is 161 Å². The summed E-state index contributed by atoms with van der Waals surface area (Å²) in [5.74, 6) is 1.13. The van der Waals surface area contributed by atoms with Crippen LogP contribution >= 0.6 is 0 Å². The molecule has 0 N–H and O–H groups in total. The van der Waals surface area contributed by atoms with E-state index in [9.17, 15) is 5.26 Å². The molecule has 0 aliphatic heterocycles. The number of hydrogen-bond donors (Lipinski definition) is 0. The zero-order valence-corrected chi connectivity index (χ0v) is 23.6. The molecule has 0 aliphatic rings. The maximum Gasteiger partial charge on any atom is 0.161 e. The van der Waals surface area contributed by atoms with Crippen LogP contribution < -0.4 is 0 Å². The van der Waals surface area contributed by atoms with Crippen molar-refractivity contribution in [3.8, 4) is 28.3 Å². The minimum atomic E-state index is 0.449. The quantitative estimate of drug-likeness (QED) is 0.150. The number of rotatable bonds is 6. The predicted molar refractivity (Wildman–Crippen MR) is 179 cm³/mol. The number of hydrogen-bond acceptors (Lipinski definition) is 2. The molecule has 0 unspecified atom stereocenters. The first kappa shape index (κ1) is 27.3. The van der Waals surface area contributed by atoms with Crippen molar-refractivity contribution in [1.29, 1.82) is 5.26 Å². The van der Waals surface area contributed by atoms with E-state index in [1.165, 1.54) is 0 Å². The molecule has 0 heterocycles. The van der Waals surface area contributed by atoms with E-state index in [0.29, 0.717) is 23.8 Å². The van der Waals surface area contributed by atoms with Gasteiger partial charge in [-0.05, 0) is 57.4 Å². The normalized spacial score (nSPS) is 11.7. The zero-order valence-electron chi connectivity index (χ0n) is 23.6. The average Bonchev–Trinajstić information content (AvgIpc) is 3.09. The first-order valence-corrected chi connectivity index (χ1v) is 14.1. The number of nitrogens with zero attached hydrogens (tertiary/aromatic N) is 4. The highest BCUT2D eigenvalue weighted by Gasteiger charge is 2.12. The molecule has 0 bridgehead atoms. The lowest BCUT2D eigenvalue weighted by Gasteiger charge is -2.14. The Morgan fingerprint density at radius 1 is 0.558 bits per heavy atom. The molecule has 43 heavy (non-hydrogen) atoms. The lowest BCUT2D eigenvalue weighted by atomic mass is 9.90. The Hall–Kier alpha value is -5.92. The second kappa shape index (κ2) is 12.7. The Labute approximate surface area is 251 Å². The van der Waals surface area contributed by atoms with Gasteiger partial charge in [-0.15, -0.1) is 0 Å². The van der Waals surface area contributed by atoms with Crippen LogP contribution in [0.1, 0.15) is 22.3 Å². The van der Waals surface area contributed by atoms with Gasteiger partial charge < -0.3 is 0 Å². The molecule has 0 spiro atoms. The third-order valence-electron chi connectivity index (χ3n) is 7.38.